The molecule has 0 aromatic carbocycles. The monoisotopic (exact) mass is 250 g/mol. The fraction of sp³-hybridized carbons (Fsp3) is 0.714. The minimum atomic E-state index is -0.722. The lowest BCUT2D eigenvalue weighted by atomic mass is 9.87. The molecule has 1 heterocycles. The molecule has 0 aromatic heterocycles. The van der Waals surface area contributed by atoms with Crippen molar-refractivity contribution < 1.29 is 9.59 Å². The normalized spacial score (nSPS) is 22.6. The summed E-state index contributed by atoms with van der Waals surface area (Å²) in [7, 11) is 0. The standard InChI is InChI=1S/C14H22N2O2/c1-5-8-9-10-16-11(4)12(17)15-14(6-2,7-3)13(16)18/h1,11H,6-10H2,2-4H3,(H,15,17). The minimum Gasteiger partial charge on any atom is -0.340 e. The first-order valence-corrected chi connectivity index (χ1v) is 6.59. The summed E-state index contributed by atoms with van der Waals surface area (Å²) in [6.07, 6.45) is 7.82. The Morgan fingerprint density at radius 2 is 2.00 bits per heavy atom. The van der Waals surface area contributed by atoms with Crippen LogP contribution in [-0.4, -0.2) is 34.8 Å². The van der Waals surface area contributed by atoms with E-state index in [1.165, 1.54) is 0 Å². The number of unbranched alkanes of at least 4 members (excludes halogenated alkanes) is 1. The topological polar surface area (TPSA) is 49.4 Å². The van der Waals surface area contributed by atoms with Gasteiger partial charge in [-0.25, -0.2) is 0 Å². The Morgan fingerprint density at radius 1 is 1.39 bits per heavy atom. The van der Waals surface area contributed by atoms with Crippen LogP contribution in [0.15, 0.2) is 0 Å². The highest BCUT2D eigenvalue weighted by atomic mass is 16.2. The molecule has 0 radical (unpaired) electrons. The maximum absolute atomic E-state index is 12.5. The molecule has 1 saturated heterocycles. The highest BCUT2D eigenvalue weighted by molar-refractivity contribution is 5.99. The van der Waals surface area contributed by atoms with Gasteiger partial charge in [0.15, 0.2) is 0 Å². The van der Waals surface area contributed by atoms with E-state index in [1.54, 1.807) is 11.8 Å². The van der Waals surface area contributed by atoms with E-state index >= 15 is 0 Å². The molecule has 4 nitrogen and oxygen atoms in total. The Hall–Kier alpha value is -1.50. The lowest BCUT2D eigenvalue weighted by Crippen LogP contribution is -2.69. The number of carbonyl (C=O) groups excluding carboxylic acids is 2. The summed E-state index contributed by atoms with van der Waals surface area (Å²) in [5.74, 6) is 2.51. The van der Waals surface area contributed by atoms with Crippen LogP contribution in [0.25, 0.3) is 0 Å². The average Bonchev–Trinajstić information content (AvgIpc) is 2.38. The van der Waals surface area contributed by atoms with Gasteiger partial charge in [0.1, 0.15) is 11.6 Å². The number of amides is 2. The molecule has 0 spiro atoms. The third-order valence-electron chi connectivity index (χ3n) is 3.81. The molecule has 1 rings (SSSR count). The first kappa shape index (κ1) is 14.6. The molecule has 1 atom stereocenters. The summed E-state index contributed by atoms with van der Waals surface area (Å²) in [4.78, 5) is 26.2. The minimum absolute atomic E-state index is 0.0246. The van der Waals surface area contributed by atoms with Gasteiger partial charge in [-0.3, -0.25) is 9.59 Å². The molecular weight excluding hydrogens is 228 g/mol. The van der Waals surface area contributed by atoms with E-state index in [0.29, 0.717) is 25.8 Å². The van der Waals surface area contributed by atoms with Gasteiger partial charge in [-0.1, -0.05) is 13.8 Å². The van der Waals surface area contributed by atoms with Crippen molar-refractivity contribution in [3.8, 4) is 12.3 Å². The van der Waals surface area contributed by atoms with E-state index in [4.69, 9.17) is 6.42 Å². The largest absolute Gasteiger partial charge is 0.340 e. The summed E-state index contributed by atoms with van der Waals surface area (Å²) in [6.45, 7) is 6.17. The third kappa shape index (κ3) is 2.50. The predicted molar refractivity (Wildman–Crippen MR) is 70.7 cm³/mol. The van der Waals surface area contributed by atoms with Crippen molar-refractivity contribution in [2.24, 2.45) is 0 Å². The molecule has 1 aliphatic heterocycles. The van der Waals surface area contributed by atoms with E-state index < -0.39 is 11.6 Å². The van der Waals surface area contributed by atoms with Crippen molar-refractivity contribution in [2.75, 3.05) is 6.54 Å². The van der Waals surface area contributed by atoms with Crippen molar-refractivity contribution in [3.05, 3.63) is 0 Å². The fourth-order valence-corrected chi connectivity index (χ4v) is 2.36. The second-order valence-corrected chi connectivity index (χ2v) is 4.76. The van der Waals surface area contributed by atoms with Gasteiger partial charge in [0.25, 0.3) is 0 Å². The number of piperazine rings is 1. The Balaban J connectivity index is 2.89. The summed E-state index contributed by atoms with van der Waals surface area (Å²) < 4.78 is 0. The van der Waals surface area contributed by atoms with Crippen LogP contribution in [0.1, 0.15) is 46.5 Å². The number of rotatable bonds is 5. The van der Waals surface area contributed by atoms with Gasteiger partial charge in [-0.15, -0.1) is 12.3 Å². The first-order valence-electron chi connectivity index (χ1n) is 6.59. The van der Waals surface area contributed by atoms with Gasteiger partial charge in [-0.2, -0.15) is 0 Å². The second kappa shape index (κ2) is 5.90. The van der Waals surface area contributed by atoms with E-state index in [9.17, 15) is 9.59 Å². The van der Waals surface area contributed by atoms with Gasteiger partial charge in [0.05, 0.1) is 0 Å². The molecular formula is C14H22N2O2. The van der Waals surface area contributed by atoms with Crippen LogP contribution < -0.4 is 5.32 Å². The molecule has 0 aromatic rings. The number of hydrogen-bond donors (Lipinski definition) is 1. The van der Waals surface area contributed by atoms with Crippen LogP contribution in [0.3, 0.4) is 0 Å². The Morgan fingerprint density at radius 3 is 2.50 bits per heavy atom. The van der Waals surface area contributed by atoms with Crippen LogP contribution in [0.4, 0.5) is 0 Å². The van der Waals surface area contributed by atoms with Crippen molar-refractivity contribution in [2.45, 2.75) is 58.0 Å². The number of hydrogen-bond acceptors (Lipinski definition) is 2. The molecule has 0 bridgehead atoms. The van der Waals surface area contributed by atoms with E-state index in [2.05, 4.69) is 11.2 Å². The zero-order chi connectivity index (χ0) is 13.8. The summed E-state index contributed by atoms with van der Waals surface area (Å²) in [5.41, 5.74) is -0.722. The van der Waals surface area contributed by atoms with Crippen LogP contribution in [-0.2, 0) is 9.59 Å². The van der Waals surface area contributed by atoms with Crippen molar-refractivity contribution in [1.82, 2.24) is 10.2 Å². The summed E-state index contributed by atoms with van der Waals surface area (Å²) in [6, 6.07) is -0.401. The van der Waals surface area contributed by atoms with Gasteiger partial charge < -0.3 is 10.2 Å². The molecule has 0 aliphatic carbocycles. The van der Waals surface area contributed by atoms with Gasteiger partial charge >= 0.3 is 0 Å². The van der Waals surface area contributed by atoms with Crippen LogP contribution >= 0.6 is 0 Å². The molecule has 1 N–H and O–H groups in total. The van der Waals surface area contributed by atoms with Crippen molar-refractivity contribution in [3.63, 3.8) is 0 Å². The molecule has 1 fully saturated rings. The smallest absolute Gasteiger partial charge is 0.248 e. The Kier molecular flexibility index (Phi) is 4.77. The SMILES string of the molecule is C#CCCCN1C(=O)C(CC)(CC)NC(=O)C1C. The van der Waals surface area contributed by atoms with Gasteiger partial charge in [-0.05, 0) is 26.2 Å². The summed E-state index contributed by atoms with van der Waals surface area (Å²) >= 11 is 0. The number of nitrogens with one attached hydrogen (secondary N) is 1. The maximum atomic E-state index is 12.5. The second-order valence-electron chi connectivity index (χ2n) is 4.76. The molecule has 1 unspecified atom stereocenters. The van der Waals surface area contributed by atoms with E-state index in [1.807, 2.05) is 13.8 Å². The molecule has 4 heteroatoms. The Labute approximate surface area is 109 Å². The number of terminal acetylenes is 1. The van der Waals surface area contributed by atoms with Crippen molar-refractivity contribution >= 4 is 11.8 Å². The van der Waals surface area contributed by atoms with Gasteiger partial charge in [0, 0.05) is 13.0 Å². The zero-order valence-corrected chi connectivity index (χ0v) is 11.5. The Bertz CT molecular complexity index is 366. The highest BCUT2D eigenvalue weighted by Crippen LogP contribution is 2.25. The third-order valence-corrected chi connectivity index (χ3v) is 3.81. The molecule has 1 aliphatic rings. The molecule has 2 amide bonds. The predicted octanol–water partition coefficient (Wildman–Crippen LogP) is 1.31. The van der Waals surface area contributed by atoms with Crippen molar-refractivity contribution in [1.29, 1.82) is 0 Å². The fourth-order valence-electron chi connectivity index (χ4n) is 2.36. The van der Waals surface area contributed by atoms with Crippen LogP contribution in [0.2, 0.25) is 0 Å². The van der Waals surface area contributed by atoms with E-state index in [-0.39, 0.29) is 11.8 Å². The number of nitrogens with zero attached hydrogens (tertiary/aromatic N) is 1. The van der Waals surface area contributed by atoms with Gasteiger partial charge in [0.2, 0.25) is 11.8 Å². The number of carbonyl (C=O) groups is 2. The zero-order valence-electron chi connectivity index (χ0n) is 11.5. The lowest BCUT2D eigenvalue weighted by Gasteiger charge is -2.44. The maximum Gasteiger partial charge on any atom is 0.248 e. The van der Waals surface area contributed by atoms with Crippen LogP contribution in [0.5, 0.6) is 0 Å². The molecule has 100 valence electrons. The highest BCUT2D eigenvalue weighted by Gasteiger charge is 2.46. The lowest BCUT2D eigenvalue weighted by molar-refractivity contribution is -0.154. The molecule has 0 saturated carbocycles. The van der Waals surface area contributed by atoms with E-state index in [0.717, 1.165) is 6.42 Å². The quantitative estimate of drug-likeness (QED) is 0.590. The molecule has 18 heavy (non-hydrogen) atoms. The summed E-state index contributed by atoms with van der Waals surface area (Å²) in [5, 5.41) is 2.88. The average molecular weight is 250 g/mol. The van der Waals surface area contributed by atoms with Crippen LogP contribution in [0, 0.1) is 12.3 Å². The first-order chi connectivity index (χ1) is 8.52.